The molecule has 14 heavy (non-hydrogen) atoms. The van der Waals surface area contributed by atoms with Crippen LogP contribution in [-0.2, 0) is 0 Å². The predicted octanol–water partition coefficient (Wildman–Crippen LogP) is 4.69. The minimum atomic E-state index is 0.490. The topological polar surface area (TPSA) is 0 Å². The fourth-order valence-electron chi connectivity index (χ4n) is 1.40. The van der Waals surface area contributed by atoms with E-state index in [-0.39, 0.29) is 0 Å². The summed E-state index contributed by atoms with van der Waals surface area (Å²) in [6.07, 6.45) is 4.41. The first-order chi connectivity index (χ1) is 6.74. The summed E-state index contributed by atoms with van der Waals surface area (Å²) in [5, 5.41) is 0. The van der Waals surface area contributed by atoms with Crippen molar-refractivity contribution < 1.29 is 0 Å². The molecule has 1 rings (SSSR count). The highest BCUT2D eigenvalue weighted by Gasteiger charge is 1.99. The molecule has 0 aliphatic carbocycles. The van der Waals surface area contributed by atoms with Gasteiger partial charge in [-0.3, -0.25) is 0 Å². The summed E-state index contributed by atoms with van der Waals surface area (Å²) in [7, 11) is 0. The predicted molar refractivity (Wildman–Crippen MR) is 71.8 cm³/mol. The second kappa shape index (κ2) is 6.02. The van der Waals surface area contributed by atoms with Gasteiger partial charge in [-0.15, -0.1) is 0 Å². The molecule has 0 heterocycles. The van der Waals surface area contributed by atoms with Crippen LogP contribution in [0.3, 0.4) is 0 Å². The number of hydrogen-bond acceptors (Lipinski definition) is 0. The molecule has 0 radical (unpaired) electrons. The lowest BCUT2D eigenvalue weighted by Crippen LogP contribution is -1.88. The van der Waals surface area contributed by atoms with E-state index in [4.69, 9.17) is 0 Å². The van der Waals surface area contributed by atoms with Crippen molar-refractivity contribution in [3.05, 3.63) is 57.7 Å². The Morgan fingerprint density at radius 1 is 1.29 bits per heavy atom. The zero-order valence-electron chi connectivity index (χ0n) is 8.57. The quantitative estimate of drug-likeness (QED) is 0.561. The van der Waals surface area contributed by atoms with Crippen LogP contribution in [0.25, 0.3) is 0 Å². The van der Waals surface area contributed by atoms with E-state index in [1.807, 2.05) is 4.08 Å². The van der Waals surface area contributed by atoms with Gasteiger partial charge in [0.1, 0.15) is 0 Å². The molecular weight excluding hydrogens is 283 g/mol. The maximum Gasteiger partial charge on any atom is -0.000472 e. The molecule has 0 aliphatic rings. The summed E-state index contributed by atoms with van der Waals surface area (Å²) in [5.41, 5.74) is 2.68. The fraction of sp³-hybridized carbons (Fsp3) is 0.231. The molecule has 1 aromatic rings. The number of benzene rings is 1. The van der Waals surface area contributed by atoms with Crippen LogP contribution < -0.4 is 0 Å². The highest BCUT2D eigenvalue weighted by molar-refractivity contribution is 14.1. The highest BCUT2D eigenvalue weighted by atomic mass is 127. The van der Waals surface area contributed by atoms with Crippen LogP contribution in [0.1, 0.15) is 25.3 Å². The van der Waals surface area contributed by atoms with Crippen LogP contribution in [0.15, 0.2) is 52.1 Å². The van der Waals surface area contributed by atoms with Gasteiger partial charge in [-0.25, -0.2) is 0 Å². The molecule has 74 valence electrons. The van der Waals surface area contributed by atoms with Crippen molar-refractivity contribution >= 4 is 22.6 Å². The van der Waals surface area contributed by atoms with E-state index in [1.54, 1.807) is 0 Å². The number of hydrogen-bond donors (Lipinski definition) is 0. The van der Waals surface area contributed by atoms with E-state index in [2.05, 4.69) is 78.9 Å². The van der Waals surface area contributed by atoms with Gasteiger partial charge in [-0.05, 0) is 22.5 Å². The first-order valence-electron chi connectivity index (χ1n) is 4.74. The fourth-order valence-corrected chi connectivity index (χ4v) is 1.97. The average Bonchev–Trinajstić information content (AvgIpc) is 2.19. The lowest BCUT2D eigenvalue weighted by molar-refractivity contribution is 0.958. The molecule has 0 nitrogen and oxygen atoms in total. The van der Waals surface area contributed by atoms with Crippen LogP contribution in [0.2, 0.25) is 0 Å². The van der Waals surface area contributed by atoms with Gasteiger partial charge >= 0.3 is 0 Å². The molecule has 0 aliphatic heterocycles. The SMILES string of the molecule is CC(C=CI)=C[C@H](C)c1ccccc1. The first kappa shape index (κ1) is 11.5. The summed E-state index contributed by atoms with van der Waals surface area (Å²) >= 11 is 2.24. The van der Waals surface area contributed by atoms with E-state index in [1.165, 1.54) is 11.1 Å². The van der Waals surface area contributed by atoms with Crippen LogP contribution in [0.5, 0.6) is 0 Å². The van der Waals surface area contributed by atoms with Crippen LogP contribution in [-0.4, -0.2) is 0 Å². The molecule has 0 spiro atoms. The standard InChI is InChI=1S/C13H15I/c1-11(8-9-14)10-12(2)13-6-4-3-5-7-13/h3-10,12H,1-2H3/t12-/m0/s1. The van der Waals surface area contributed by atoms with E-state index < -0.39 is 0 Å². The monoisotopic (exact) mass is 298 g/mol. The molecule has 1 atom stereocenters. The number of allylic oxidation sites excluding steroid dienone is 3. The Morgan fingerprint density at radius 2 is 1.93 bits per heavy atom. The summed E-state index contributed by atoms with van der Waals surface area (Å²) < 4.78 is 2.04. The van der Waals surface area contributed by atoms with Crippen molar-refractivity contribution in [3.63, 3.8) is 0 Å². The van der Waals surface area contributed by atoms with Crippen LogP contribution >= 0.6 is 22.6 Å². The van der Waals surface area contributed by atoms with Gasteiger partial charge < -0.3 is 0 Å². The lowest BCUT2D eigenvalue weighted by Gasteiger charge is -2.06. The van der Waals surface area contributed by atoms with Crippen molar-refractivity contribution in [2.45, 2.75) is 19.8 Å². The Bertz CT molecular complexity index is 322. The van der Waals surface area contributed by atoms with Gasteiger partial charge in [0.25, 0.3) is 0 Å². The Morgan fingerprint density at radius 3 is 2.50 bits per heavy atom. The van der Waals surface area contributed by atoms with Crippen molar-refractivity contribution in [3.8, 4) is 0 Å². The van der Waals surface area contributed by atoms with Gasteiger partial charge in [-0.1, -0.05) is 77.6 Å². The van der Waals surface area contributed by atoms with Crippen molar-refractivity contribution in [2.75, 3.05) is 0 Å². The van der Waals surface area contributed by atoms with Gasteiger partial charge in [-0.2, -0.15) is 0 Å². The molecule has 1 heteroatoms. The maximum atomic E-state index is 2.28. The summed E-state index contributed by atoms with van der Waals surface area (Å²) in [5.74, 6) is 0.490. The van der Waals surface area contributed by atoms with Crippen LogP contribution in [0.4, 0.5) is 0 Å². The first-order valence-corrected chi connectivity index (χ1v) is 5.98. The molecule has 0 aromatic heterocycles. The summed E-state index contributed by atoms with van der Waals surface area (Å²) in [6, 6.07) is 10.6. The van der Waals surface area contributed by atoms with Crippen molar-refractivity contribution in [1.82, 2.24) is 0 Å². The van der Waals surface area contributed by atoms with E-state index in [9.17, 15) is 0 Å². The normalized spacial score (nSPS) is 14.6. The Balaban J connectivity index is 2.77. The number of rotatable bonds is 3. The van der Waals surface area contributed by atoms with Gasteiger partial charge in [0, 0.05) is 0 Å². The maximum absolute atomic E-state index is 2.28. The third kappa shape index (κ3) is 3.66. The van der Waals surface area contributed by atoms with Gasteiger partial charge in [0.15, 0.2) is 0 Å². The highest BCUT2D eigenvalue weighted by Crippen LogP contribution is 2.18. The zero-order chi connectivity index (χ0) is 10.4. The molecule has 0 unspecified atom stereocenters. The lowest BCUT2D eigenvalue weighted by atomic mass is 9.99. The van der Waals surface area contributed by atoms with E-state index >= 15 is 0 Å². The molecule has 0 bridgehead atoms. The van der Waals surface area contributed by atoms with E-state index in [0.29, 0.717) is 5.92 Å². The molecule has 0 amide bonds. The Labute approximate surface area is 99.9 Å². The van der Waals surface area contributed by atoms with Crippen LogP contribution in [0, 0.1) is 0 Å². The average molecular weight is 298 g/mol. The Kier molecular flexibility index (Phi) is 4.94. The summed E-state index contributed by atoms with van der Waals surface area (Å²) in [4.78, 5) is 0. The second-order valence-electron chi connectivity index (χ2n) is 3.40. The molecule has 0 N–H and O–H groups in total. The van der Waals surface area contributed by atoms with Crippen molar-refractivity contribution in [1.29, 1.82) is 0 Å². The third-order valence-corrected chi connectivity index (χ3v) is 2.52. The van der Waals surface area contributed by atoms with Gasteiger partial charge in [0.05, 0.1) is 0 Å². The largest absolute Gasteiger partial charge is 0.0743 e. The van der Waals surface area contributed by atoms with Gasteiger partial charge in [0.2, 0.25) is 0 Å². The molecular formula is C13H15I. The van der Waals surface area contributed by atoms with E-state index in [0.717, 1.165) is 0 Å². The third-order valence-electron chi connectivity index (χ3n) is 2.16. The second-order valence-corrected chi connectivity index (χ2v) is 4.12. The van der Waals surface area contributed by atoms with Crippen molar-refractivity contribution in [2.24, 2.45) is 0 Å². The number of halogens is 1. The molecule has 1 aromatic carbocycles. The molecule has 0 saturated carbocycles. The zero-order valence-corrected chi connectivity index (χ0v) is 10.7. The smallest absolute Gasteiger partial charge is 0.000472 e. The minimum absolute atomic E-state index is 0.490. The Hall–Kier alpha value is -0.570. The molecule has 0 saturated heterocycles. The molecule has 0 fully saturated rings. The minimum Gasteiger partial charge on any atom is -0.0743 e. The summed E-state index contributed by atoms with van der Waals surface area (Å²) in [6.45, 7) is 4.36.